The standard InChI is InChI=1S/C64H47N/c1-5-17-46(18-6-1)47-34-36-49(37-35-47)55(51-38-41-57-56-25-13-15-27-60(56)64(61(57)44-51,52-19-7-2-8-20-52)53-21-9-3-10-22-53)40-31-45-29-32-48(33-30-45)50-39-42-63-59(43-50)58-26-14-16-28-62(58)65(63)54-23-11-4-12-24-54/h1-30,32-39,41-44,55H,31,40H2/t55-/m1/s1. The third kappa shape index (κ3) is 6.62. The van der Waals surface area contributed by atoms with E-state index in [4.69, 9.17) is 0 Å². The molecule has 1 nitrogen and oxygen atoms in total. The summed E-state index contributed by atoms with van der Waals surface area (Å²) < 4.78 is 2.38. The van der Waals surface area contributed by atoms with Crippen LogP contribution in [0, 0.1) is 0 Å². The van der Waals surface area contributed by atoms with Crippen molar-refractivity contribution in [3.63, 3.8) is 0 Å². The molecule has 0 spiro atoms. The third-order valence-corrected chi connectivity index (χ3v) is 14.0. The highest BCUT2D eigenvalue weighted by Gasteiger charge is 2.46. The van der Waals surface area contributed by atoms with Crippen LogP contribution < -0.4 is 0 Å². The summed E-state index contributed by atoms with van der Waals surface area (Å²) in [7, 11) is 0. The lowest BCUT2D eigenvalue weighted by Crippen LogP contribution is -2.28. The van der Waals surface area contributed by atoms with Crippen molar-refractivity contribution in [3.05, 3.63) is 294 Å². The lowest BCUT2D eigenvalue weighted by molar-refractivity contribution is 0.709. The van der Waals surface area contributed by atoms with Crippen molar-refractivity contribution >= 4 is 21.8 Å². The smallest absolute Gasteiger partial charge is 0.0713 e. The van der Waals surface area contributed by atoms with E-state index in [2.05, 4.69) is 259 Å². The third-order valence-electron chi connectivity index (χ3n) is 14.0. The molecule has 0 saturated carbocycles. The lowest BCUT2D eigenvalue weighted by Gasteiger charge is -2.34. The van der Waals surface area contributed by atoms with Gasteiger partial charge in [-0.2, -0.15) is 0 Å². The van der Waals surface area contributed by atoms with Crippen LogP contribution in [-0.4, -0.2) is 4.57 Å². The van der Waals surface area contributed by atoms with Gasteiger partial charge in [-0.05, 0) is 115 Å². The Labute approximate surface area is 381 Å². The average molecular weight is 830 g/mol. The molecule has 0 N–H and O–H groups in total. The zero-order valence-electron chi connectivity index (χ0n) is 36.2. The van der Waals surface area contributed by atoms with Crippen molar-refractivity contribution in [2.24, 2.45) is 0 Å². The Bertz CT molecular complexity index is 3400. The van der Waals surface area contributed by atoms with Crippen LogP contribution in [0.1, 0.15) is 51.3 Å². The SMILES string of the molecule is c1ccc(-c2ccc([C@@H](CCc3ccc(-c4ccc5c(c4)c4ccccc4n5-c4ccccc4)cc3)c3ccc4c(c3)C(c3ccccc3)(c3ccccc3)c3ccccc3-4)cc2)cc1. The van der Waals surface area contributed by atoms with Crippen LogP contribution in [0.25, 0.3) is 60.9 Å². The van der Waals surface area contributed by atoms with Gasteiger partial charge in [0.05, 0.1) is 16.4 Å². The molecule has 1 aromatic heterocycles. The second-order valence-corrected chi connectivity index (χ2v) is 17.5. The number of nitrogens with zero attached hydrogens (tertiary/aromatic N) is 1. The number of benzene rings is 10. The molecule has 1 aliphatic carbocycles. The van der Waals surface area contributed by atoms with E-state index in [9.17, 15) is 0 Å². The first-order valence-corrected chi connectivity index (χ1v) is 22.9. The number of fused-ring (bicyclic) bond motifs is 6. The summed E-state index contributed by atoms with van der Waals surface area (Å²) in [4.78, 5) is 0. The fourth-order valence-corrected chi connectivity index (χ4v) is 10.9. The molecule has 1 aliphatic rings. The van der Waals surface area contributed by atoms with E-state index >= 15 is 0 Å². The Kier molecular flexibility index (Phi) is 9.68. The van der Waals surface area contributed by atoms with E-state index in [1.165, 1.54) is 99.8 Å². The van der Waals surface area contributed by atoms with Crippen LogP contribution in [0.2, 0.25) is 0 Å². The van der Waals surface area contributed by atoms with E-state index in [1.807, 2.05) is 0 Å². The second kappa shape index (κ2) is 16.3. The van der Waals surface area contributed by atoms with Gasteiger partial charge in [0.25, 0.3) is 0 Å². The molecule has 1 heterocycles. The number of aryl methyl sites for hydroxylation is 1. The summed E-state index contributed by atoms with van der Waals surface area (Å²) in [5, 5.41) is 2.54. The molecule has 0 radical (unpaired) electrons. The number of hydrogen-bond acceptors (Lipinski definition) is 0. The molecule has 0 bridgehead atoms. The molecule has 0 unspecified atom stereocenters. The van der Waals surface area contributed by atoms with Gasteiger partial charge in [-0.25, -0.2) is 0 Å². The molecule has 0 amide bonds. The van der Waals surface area contributed by atoms with Crippen LogP contribution in [0.3, 0.4) is 0 Å². The molecule has 0 fully saturated rings. The summed E-state index contributed by atoms with van der Waals surface area (Å²) in [6, 6.07) is 94.5. The van der Waals surface area contributed by atoms with Gasteiger partial charge in [-0.15, -0.1) is 0 Å². The van der Waals surface area contributed by atoms with Crippen LogP contribution >= 0.6 is 0 Å². The summed E-state index contributed by atoms with van der Waals surface area (Å²) >= 11 is 0. The molecule has 1 heteroatoms. The quantitative estimate of drug-likeness (QED) is 0.129. The first kappa shape index (κ1) is 38.7. The van der Waals surface area contributed by atoms with Gasteiger partial charge in [-0.3, -0.25) is 0 Å². The Morgan fingerprint density at radius 2 is 0.877 bits per heavy atom. The molecule has 12 rings (SSSR count). The Hall–Kier alpha value is -8.00. The summed E-state index contributed by atoms with van der Waals surface area (Å²) in [6.07, 6.45) is 1.93. The molecular weight excluding hydrogens is 783 g/mol. The van der Waals surface area contributed by atoms with Gasteiger partial charge in [0, 0.05) is 22.4 Å². The summed E-state index contributed by atoms with van der Waals surface area (Å²) in [6.45, 7) is 0. The van der Waals surface area contributed by atoms with Crippen LogP contribution in [0.4, 0.5) is 0 Å². The fraction of sp³-hybridized carbons (Fsp3) is 0.0625. The monoisotopic (exact) mass is 829 g/mol. The molecule has 11 aromatic rings. The largest absolute Gasteiger partial charge is 0.309 e. The Morgan fingerprint density at radius 1 is 0.354 bits per heavy atom. The maximum atomic E-state index is 2.55. The predicted octanol–water partition coefficient (Wildman–Crippen LogP) is 16.2. The number of para-hydroxylation sites is 2. The van der Waals surface area contributed by atoms with E-state index in [-0.39, 0.29) is 5.92 Å². The number of aromatic nitrogens is 1. The molecule has 0 saturated heterocycles. The van der Waals surface area contributed by atoms with E-state index in [1.54, 1.807) is 0 Å². The predicted molar refractivity (Wildman–Crippen MR) is 272 cm³/mol. The van der Waals surface area contributed by atoms with Crippen LogP contribution in [0.5, 0.6) is 0 Å². The molecule has 308 valence electrons. The molecule has 65 heavy (non-hydrogen) atoms. The first-order valence-electron chi connectivity index (χ1n) is 22.9. The van der Waals surface area contributed by atoms with Crippen LogP contribution in [-0.2, 0) is 11.8 Å². The van der Waals surface area contributed by atoms with Crippen molar-refractivity contribution in [3.8, 4) is 39.1 Å². The highest BCUT2D eigenvalue weighted by molar-refractivity contribution is 6.10. The summed E-state index contributed by atoms with van der Waals surface area (Å²) in [5.74, 6) is 0.182. The zero-order valence-corrected chi connectivity index (χ0v) is 36.2. The van der Waals surface area contributed by atoms with Gasteiger partial charge < -0.3 is 4.57 Å². The normalized spacial score (nSPS) is 13.1. The van der Waals surface area contributed by atoms with E-state index in [0.29, 0.717) is 0 Å². The van der Waals surface area contributed by atoms with E-state index < -0.39 is 5.41 Å². The summed E-state index contributed by atoms with van der Waals surface area (Å²) in [5.41, 5.74) is 20.1. The zero-order chi connectivity index (χ0) is 43.2. The fourth-order valence-electron chi connectivity index (χ4n) is 10.9. The first-order chi connectivity index (χ1) is 32.2. The van der Waals surface area contributed by atoms with Gasteiger partial charge in [-0.1, -0.05) is 224 Å². The van der Waals surface area contributed by atoms with Crippen molar-refractivity contribution in [2.75, 3.05) is 0 Å². The number of rotatable bonds is 10. The number of hydrogen-bond donors (Lipinski definition) is 0. The second-order valence-electron chi connectivity index (χ2n) is 17.5. The van der Waals surface area contributed by atoms with Crippen molar-refractivity contribution in [1.82, 2.24) is 4.57 Å². The van der Waals surface area contributed by atoms with Crippen molar-refractivity contribution < 1.29 is 0 Å². The molecule has 1 atom stereocenters. The Balaban J connectivity index is 0.920. The highest BCUT2D eigenvalue weighted by atomic mass is 15.0. The van der Waals surface area contributed by atoms with E-state index in [0.717, 1.165) is 12.8 Å². The highest BCUT2D eigenvalue weighted by Crippen LogP contribution is 2.56. The minimum absolute atomic E-state index is 0.182. The minimum Gasteiger partial charge on any atom is -0.309 e. The topological polar surface area (TPSA) is 4.93 Å². The average Bonchev–Trinajstić information content (AvgIpc) is 3.88. The molecule has 0 aliphatic heterocycles. The maximum absolute atomic E-state index is 2.55. The van der Waals surface area contributed by atoms with Crippen LogP contribution in [0.15, 0.2) is 255 Å². The Morgan fingerprint density at radius 3 is 1.60 bits per heavy atom. The van der Waals surface area contributed by atoms with Crippen molar-refractivity contribution in [1.29, 1.82) is 0 Å². The van der Waals surface area contributed by atoms with Gasteiger partial charge in [0.15, 0.2) is 0 Å². The van der Waals surface area contributed by atoms with Gasteiger partial charge in [0.1, 0.15) is 0 Å². The van der Waals surface area contributed by atoms with Gasteiger partial charge >= 0.3 is 0 Å². The maximum Gasteiger partial charge on any atom is 0.0713 e. The molecular formula is C64H47N. The molecule has 10 aromatic carbocycles. The lowest BCUT2D eigenvalue weighted by atomic mass is 9.67. The van der Waals surface area contributed by atoms with Crippen molar-refractivity contribution in [2.45, 2.75) is 24.2 Å². The minimum atomic E-state index is -0.443. The van der Waals surface area contributed by atoms with Gasteiger partial charge in [0.2, 0.25) is 0 Å².